The van der Waals surface area contributed by atoms with Crippen LogP contribution in [0.1, 0.15) is 0 Å². The van der Waals surface area contributed by atoms with Gasteiger partial charge in [0.2, 0.25) is 0 Å². The molecule has 0 bridgehead atoms. The highest BCUT2D eigenvalue weighted by Crippen LogP contribution is 2.42. The van der Waals surface area contributed by atoms with Crippen molar-refractivity contribution in [3.63, 3.8) is 0 Å². The smallest absolute Gasteiger partial charge is 0.164 e. The van der Waals surface area contributed by atoms with Crippen molar-refractivity contribution in [1.82, 2.24) is 15.0 Å². The molecule has 9 aromatic carbocycles. The average Bonchev–Trinajstić information content (AvgIpc) is 3.67. The van der Waals surface area contributed by atoms with E-state index in [2.05, 4.69) is 164 Å². The Morgan fingerprint density at radius 1 is 0.263 bits per heavy atom. The lowest BCUT2D eigenvalue weighted by Crippen LogP contribution is -2.00. The van der Waals surface area contributed by atoms with Crippen molar-refractivity contribution in [1.29, 1.82) is 0 Å². The number of aromatic nitrogens is 3. The van der Waals surface area contributed by atoms with Crippen LogP contribution in [0.3, 0.4) is 0 Å². The minimum atomic E-state index is 0.591. The van der Waals surface area contributed by atoms with Gasteiger partial charge in [-0.05, 0) is 79.2 Å². The summed E-state index contributed by atoms with van der Waals surface area (Å²) in [5.41, 5.74) is 11.3. The van der Waals surface area contributed by atoms with Crippen molar-refractivity contribution in [2.24, 2.45) is 0 Å². The van der Waals surface area contributed by atoms with Crippen LogP contribution in [0.25, 0.3) is 111 Å². The fourth-order valence-electron chi connectivity index (χ4n) is 8.22. The topological polar surface area (TPSA) is 51.8 Å². The molecule has 0 aliphatic rings. The minimum absolute atomic E-state index is 0.591. The molecule has 0 unspecified atom stereocenters. The molecule has 0 aliphatic carbocycles. The van der Waals surface area contributed by atoms with Gasteiger partial charge < -0.3 is 4.42 Å². The van der Waals surface area contributed by atoms with Crippen molar-refractivity contribution in [3.8, 4) is 67.5 Å². The predicted octanol–water partition coefficient (Wildman–Crippen LogP) is 14.1. The molecule has 0 spiro atoms. The standard InChI is InChI=1S/C53H33N3O/c1-4-15-34(16-5-1)37-21-14-22-39(31-37)52-54-51(36-19-8-3-9-20-36)55-53(56-52)47-33-49-50(45-26-13-12-25-44(45)47)46-28-27-38(32-48(46)57-49)41-30-29-40(35-17-6-2-7-18-35)42-23-10-11-24-43(41)42/h1-33H. The summed E-state index contributed by atoms with van der Waals surface area (Å²) < 4.78 is 6.81. The maximum absolute atomic E-state index is 6.81. The Morgan fingerprint density at radius 2 is 0.772 bits per heavy atom. The van der Waals surface area contributed by atoms with Crippen LogP contribution in [0.2, 0.25) is 0 Å². The second-order valence-corrected chi connectivity index (χ2v) is 14.3. The molecule has 4 heteroatoms. The van der Waals surface area contributed by atoms with E-state index in [0.29, 0.717) is 17.5 Å². The van der Waals surface area contributed by atoms with Gasteiger partial charge in [-0.1, -0.05) is 176 Å². The molecule has 266 valence electrons. The molecule has 0 radical (unpaired) electrons. The van der Waals surface area contributed by atoms with Crippen LogP contribution in [-0.2, 0) is 0 Å². The molecular formula is C53H33N3O. The molecule has 0 fully saturated rings. The van der Waals surface area contributed by atoms with Crippen LogP contribution in [-0.4, -0.2) is 15.0 Å². The molecule has 2 heterocycles. The molecule has 0 atom stereocenters. The van der Waals surface area contributed by atoms with Gasteiger partial charge in [0, 0.05) is 27.5 Å². The molecule has 0 saturated carbocycles. The molecule has 0 N–H and O–H groups in total. The number of rotatable bonds is 6. The summed E-state index contributed by atoms with van der Waals surface area (Å²) >= 11 is 0. The van der Waals surface area contributed by atoms with Crippen LogP contribution < -0.4 is 0 Å². The summed E-state index contributed by atoms with van der Waals surface area (Å²) in [4.78, 5) is 15.4. The van der Waals surface area contributed by atoms with Gasteiger partial charge in [-0.15, -0.1) is 0 Å². The lowest BCUT2D eigenvalue weighted by Gasteiger charge is -2.12. The predicted molar refractivity (Wildman–Crippen MR) is 235 cm³/mol. The highest BCUT2D eigenvalue weighted by molar-refractivity contribution is 6.22. The Morgan fingerprint density at radius 3 is 1.46 bits per heavy atom. The van der Waals surface area contributed by atoms with Gasteiger partial charge in [-0.25, -0.2) is 15.0 Å². The van der Waals surface area contributed by atoms with E-state index in [1.807, 2.05) is 36.4 Å². The lowest BCUT2D eigenvalue weighted by atomic mass is 9.91. The summed E-state index contributed by atoms with van der Waals surface area (Å²) in [7, 11) is 0. The van der Waals surface area contributed by atoms with Gasteiger partial charge in [0.25, 0.3) is 0 Å². The molecule has 11 rings (SSSR count). The Balaban J connectivity index is 1.09. The Labute approximate surface area is 329 Å². The van der Waals surface area contributed by atoms with Gasteiger partial charge in [0.1, 0.15) is 11.2 Å². The zero-order chi connectivity index (χ0) is 37.7. The number of benzene rings is 9. The van der Waals surface area contributed by atoms with E-state index in [9.17, 15) is 0 Å². The first-order valence-corrected chi connectivity index (χ1v) is 19.2. The maximum Gasteiger partial charge on any atom is 0.164 e. The number of hydrogen-bond donors (Lipinski definition) is 0. The highest BCUT2D eigenvalue weighted by atomic mass is 16.3. The first-order valence-electron chi connectivity index (χ1n) is 19.2. The van der Waals surface area contributed by atoms with Crippen LogP contribution in [0, 0.1) is 0 Å². The highest BCUT2D eigenvalue weighted by Gasteiger charge is 2.20. The molecule has 0 aliphatic heterocycles. The van der Waals surface area contributed by atoms with Crippen LogP contribution in [0.4, 0.5) is 0 Å². The average molecular weight is 728 g/mol. The van der Waals surface area contributed by atoms with E-state index < -0.39 is 0 Å². The summed E-state index contributed by atoms with van der Waals surface area (Å²) in [5.74, 6) is 1.82. The summed E-state index contributed by atoms with van der Waals surface area (Å²) in [6.07, 6.45) is 0. The molecule has 2 aromatic heterocycles. The van der Waals surface area contributed by atoms with Gasteiger partial charge in [0.05, 0.1) is 0 Å². The van der Waals surface area contributed by atoms with E-state index in [4.69, 9.17) is 19.4 Å². The number of hydrogen-bond acceptors (Lipinski definition) is 4. The van der Waals surface area contributed by atoms with Crippen LogP contribution in [0.5, 0.6) is 0 Å². The van der Waals surface area contributed by atoms with Gasteiger partial charge in [-0.3, -0.25) is 0 Å². The number of fused-ring (bicyclic) bond motifs is 6. The van der Waals surface area contributed by atoms with E-state index in [0.717, 1.165) is 66.1 Å². The van der Waals surface area contributed by atoms with Gasteiger partial charge in [0.15, 0.2) is 17.5 Å². The van der Waals surface area contributed by atoms with E-state index in [-0.39, 0.29) is 0 Å². The zero-order valence-corrected chi connectivity index (χ0v) is 30.8. The number of furan rings is 1. The van der Waals surface area contributed by atoms with Crippen molar-refractivity contribution in [3.05, 3.63) is 200 Å². The minimum Gasteiger partial charge on any atom is -0.456 e. The van der Waals surface area contributed by atoms with Crippen molar-refractivity contribution in [2.45, 2.75) is 0 Å². The summed E-state index contributed by atoms with van der Waals surface area (Å²) in [6.45, 7) is 0. The fourth-order valence-corrected chi connectivity index (χ4v) is 8.22. The first-order chi connectivity index (χ1) is 28.2. The largest absolute Gasteiger partial charge is 0.456 e. The molecule has 11 aromatic rings. The summed E-state index contributed by atoms with van der Waals surface area (Å²) in [6, 6.07) is 69.8. The monoisotopic (exact) mass is 727 g/mol. The zero-order valence-electron chi connectivity index (χ0n) is 30.8. The Bertz CT molecular complexity index is 3280. The van der Waals surface area contributed by atoms with Gasteiger partial charge in [-0.2, -0.15) is 0 Å². The van der Waals surface area contributed by atoms with E-state index >= 15 is 0 Å². The maximum atomic E-state index is 6.81. The molecule has 57 heavy (non-hydrogen) atoms. The third kappa shape index (κ3) is 5.74. The second kappa shape index (κ2) is 13.6. The second-order valence-electron chi connectivity index (χ2n) is 14.3. The van der Waals surface area contributed by atoms with E-state index in [1.165, 1.54) is 27.5 Å². The van der Waals surface area contributed by atoms with Crippen molar-refractivity contribution in [2.75, 3.05) is 0 Å². The lowest BCUT2D eigenvalue weighted by molar-refractivity contribution is 0.669. The third-order valence-electron chi connectivity index (χ3n) is 10.9. The summed E-state index contributed by atoms with van der Waals surface area (Å²) in [5, 5.41) is 6.71. The SMILES string of the molecule is c1ccc(-c2cccc(-c3nc(-c4ccccc4)nc(-c4cc5oc6cc(-c7ccc(-c8ccccc8)c8ccccc78)ccc6c5c5ccccc45)n3)c2)cc1. The third-order valence-corrected chi connectivity index (χ3v) is 10.9. The van der Waals surface area contributed by atoms with Crippen LogP contribution in [0.15, 0.2) is 205 Å². The quantitative estimate of drug-likeness (QED) is 0.171. The van der Waals surface area contributed by atoms with Gasteiger partial charge >= 0.3 is 0 Å². The Kier molecular flexibility index (Phi) is 7.78. The molecule has 0 saturated heterocycles. The Hall–Kier alpha value is -7.69. The normalized spacial score (nSPS) is 11.5. The first kappa shape index (κ1) is 32.7. The van der Waals surface area contributed by atoms with Crippen molar-refractivity contribution < 1.29 is 4.42 Å². The van der Waals surface area contributed by atoms with E-state index in [1.54, 1.807) is 0 Å². The van der Waals surface area contributed by atoms with Crippen molar-refractivity contribution >= 4 is 43.5 Å². The molecule has 4 nitrogen and oxygen atoms in total. The number of nitrogens with zero attached hydrogens (tertiary/aromatic N) is 3. The van der Waals surface area contributed by atoms with Crippen LogP contribution >= 0.6 is 0 Å². The molecule has 0 amide bonds. The molecular weight excluding hydrogens is 695 g/mol. The fraction of sp³-hybridized carbons (Fsp3) is 0.